The molecule has 1 N–H and O–H groups in total. The van der Waals surface area contributed by atoms with Gasteiger partial charge in [0.05, 0.1) is 0 Å². The van der Waals surface area contributed by atoms with Gasteiger partial charge in [0, 0.05) is 18.7 Å². The van der Waals surface area contributed by atoms with Crippen LogP contribution < -0.4 is 5.32 Å². The molecule has 0 aromatic heterocycles. The highest BCUT2D eigenvalue weighted by molar-refractivity contribution is 5.96. The van der Waals surface area contributed by atoms with Crippen LogP contribution in [-0.2, 0) is 14.3 Å². The molecule has 22 heavy (non-hydrogen) atoms. The molecule has 2 amide bonds. The van der Waals surface area contributed by atoms with Crippen molar-refractivity contribution in [3.8, 4) is 0 Å². The van der Waals surface area contributed by atoms with Gasteiger partial charge >= 0.3 is 5.97 Å². The Labute approximate surface area is 130 Å². The third kappa shape index (κ3) is 5.55. The zero-order valence-electron chi connectivity index (χ0n) is 13.2. The van der Waals surface area contributed by atoms with Gasteiger partial charge in [0.2, 0.25) is 0 Å². The monoisotopic (exact) mass is 306 g/mol. The summed E-state index contributed by atoms with van der Waals surface area (Å²) < 4.78 is 4.85. The van der Waals surface area contributed by atoms with Gasteiger partial charge in [-0.15, -0.1) is 0 Å². The molecule has 0 aliphatic rings. The molecule has 6 nitrogen and oxygen atoms in total. The standard InChI is InChI=1S/C16H22N2O4/c1-4-18(5-2)14(19)11-22-15(20)10-17-16(21)13-8-6-7-12(3)9-13/h6-9H,4-5,10-11H2,1-3H3,(H,17,21). The highest BCUT2D eigenvalue weighted by atomic mass is 16.5. The number of esters is 1. The molecule has 0 fully saturated rings. The van der Waals surface area contributed by atoms with Crippen molar-refractivity contribution in [2.45, 2.75) is 20.8 Å². The maximum absolute atomic E-state index is 11.8. The summed E-state index contributed by atoms with van der Waals surface area (Å²) in [5, 5.41) is 2.47. The van der Waals surface area contributed by atoms with E-state index in [0.717, 1.165) is 5.56 Å². The van der Waals surface area contributed by atoms with E-state index >= 15 is 0 Å². The van der Waals surface area contributed by atoms with Crippen molar-refractivity contribution < 1.29 is 19.1 Å². The fourth-order valence-electron chi connectivity index (χ4n) is 1.90. The van der Waals surface area contributed by atoms with Crippen LogP contribution in [0.1, 0.15) is 29.8 Å². The van der Waals surface area contributed by atoms with Crippen molar-refractivity contribution in [2.24, 2.45) is 0 Å². The molecular formula is C16H22N2O4. The molecule has 0 bridgehead atoms. The number of ether oxygens (including phenoxy) is 1. The summed E-state index contributed by atoms with van der Waals surface area (Å²) in [5.74, 6) is -1.24. The van der Waals surface area contributed by atoms with E-state index in [1.165, 1.54) is 0 Å². The molecule has 1 aromatic carbocycles. The molecule has 0 spiro atoms. The molecule has 0 saturated carbocycles. The van der Waals surface area contributed by atoms with Crippen LogP contribution in [-0.4, -0.2) is 48.9 Å². The maximum Gasteiger partial charge on any atom is 0.325 e. The molecule has 0 aliphatic carbocycles. The number of hydrogen-bond donors (Lipinski definition) is 1. The van der Waals surface area contributed by atoms with Crippen LogP contribution in [0, 0.1) is 6.92 Å². The number of carbonyl (C=O) groups excluding carboxylic acids is 3. The fraction of sp³-hybridized carbons (Fsp3) is 0.438. The van der Waals surface area contributed by atoms with Gasteiger partial charge in [-0.2, -0.15) is 0 Å². The number of amides is 2. The van der Waals surface area contributed by atoms with Crippen molar-refractivity contribution >= 4 is 17.8 Å². The Hall–Kier alpha value is -2.37. The summed E-state index contributed by atoms with van der Waals surface area (Å²) in [7, 11) is 0. The maximum atomic E-state index is 11.8. The van der Waals surface area contributed by atoms with Gasteiger partial charge in [-0.05, 0) is 32.9 Å². The van der Waals surface area contributed by atoms with Gasteiger partial charge < -0.3 is 15.0 Å². The Bertz CT molecular complexity index is 539. The van der Waals surface area contributed by atoms with Crippen LogP contribution in [0.5, 0.6) is 0 Å². The number of hydrogen-bond acceptors (Lipinski definition) is 4. The van der Waals surface area contributed by atoms with E-state index in [-0.39, 0.29) is 25.0 Å². The van der Waals surface area contributed by atoms with E-state index in [4.69, 9.17) is 4.74 Å². The summed E-state index contributed by atoms with van der Waals surface area (Å²) in [6.45, 7) is 6.15. The summed E-state index contributed by atoms with van der Waals surface area (Å²) >= 11 is 0. The van der Waals surface area contributed by atoms with Crippen molar-refractivity contribution in [3.05, 3.63) is 35.4 Å². The highest BCUT2D eigenvalue weighted by Crippen LogP contribution is 2.03. The Morgan fingerprint density at radius 3 is 2.45 bits per heavy atom. The van der Waals surface area contributed by atoms with Crippen molar-refractivity contribution in [2.75, 3.05) is 26.2 Å². The number of aryl methyl sites for hydroxylation is 1. The molecule has 0 aliphatic heterocycles. The third-order valence-corrected chi connectivity index (χ3v) is 3.15. The minimum Gasteiger partial charge on any atom is -0.454 e. The Kier molecular flexibility index (Phi) is 7.08. The van der Waals surface area contributed by atoms with Crippen LogP contribution >= 0.6 is 0 Å². The lowest BCUT2D eigenvalue weighted by Crippen LogP contribution is -2.36. The van der Waals surface area contributed by atoms with Gasteiger partial charge in [-0.3, -0.25) is 14.4 Å². The number of likely N-dealkylation sites (N-methyl/N-ethyl adjacent to an activating group) is 1. The predicted molar refractivity (Wildman–Crippen MR) is 82.4 cm³/mol. The fourth-order valence-corrected chi connectivity index (χ4v) is 1.90. The number of nitrogens with one attached hydrogen (secondary N) is 1. The van der Waals surface area contributed by atoms with E-state index in [1.54, 1.807) is 23.1 Å². The average Bonchev–Trinajstić information content (AvgIpc) is 2.51. The van der Waals surface area contributed by atoms with Gasteiger partial charge in [0.1, 0.15) is 6.54 Å². The van der Waals surface area contributed by atoms with Crippen molar-refractivity contribution in [3.63, 3.8) is 0 Å². The van der Waals surface area contributed by atoms with E-state index < -0.39 is 5.97 Å². The first kappa shape index (κ1) is 17.7. The minimum absolute atomic E-state index is 0.247. The Morgan fingerprint density at radius 2 is 1.86 bits per heavy atom. The normalized spacial score (nSPS) is 9.95. The number of nitrogens with zero attached hydrogens (tertiary/aromatic N) is 1. The second-order valence-electron chi connectivity index (χ2n) is 4.78. The molecule has 120 valence electrons. The topological polar surface area (TPSA) is 75.7 Å². The molecule has 0 atom stereocenters. The lowest BCUT2D eigenvalue weighted by Gasteiger charge is -2.18. The van der Waals surface area contributed by atoms with Crippen LogP contribution in [0.15, 0.2) is 24.3 Å². The third-order valence-electron chi connectivity index (χ3n) is 3.15. The largest absolute Gasteiger partial charge is 0.454 e. The molecule has 0 radical (unpaired) electrons. The second kappa shape index (κ2) is 8.81. The van der Waals surface area contributed by atoms with E-state index in [9.17, 15) is 14.4 Å². The molecular weight excluding hydrogens is 284 g/mol. The highest BCUT2D eigenvalue weighted by Gasteiger charge is 2.13. The zero-order chi connectivity index (χ0) is 16.5. The molecule has 0 unspecified atom stereocenters. The van der Waals surface area contributed by atoms with Crippen LogP contribution in [0.3, 0.4) is 0 Å². The van der Waals surface area contributed by atoms with Gasteiger partial charge in [-0.25, -0.2) is 0 Å². The summed E-state index contributed by atoms with van der Waals surface area (Å²) in [5.41, 5.74) is 1.44. The summed E-state index contributed by atoms with van der Waals surface area (Å²) in [4.78, 5) is 36.6. The van der Waals surface area contributed by atoms with E-state index in [2.05, 4.69) is 5.32 Å². The molecule has 0 saturated heterocycles. The second-order valence-corrected chi connectivity index (χ2v) is 4.78. The van der Waals surface area contributed by atoms with Crippen LogP contribution in [0.2, 0.25) is 0 Å². The average molecular weight is 306 g/mol. The Balaban J connectivity index is 2.37. The quantitative estimate of drug-likeness (QED) is 0.766. The first-order valence-corrected chi connectivity index (χ1v) is 7.26. The summed E-state index contributed by atoms with van der Waals surface area (Å²) in [6.07, 6.45) is 0. The van der Waals surface area contributed by atoms with Gasteiger partial charge in [0.25, 0.3) is 11.8 Å². The lowest BCUT2D eigenvalue weighted by atomic mass is 10.1. The zero-order valence-corrected chi connectivity index (χ0v) is 13.2. The number of benzene rings is 1. The molecule has 0 heterocycles. The predicted octanol–water partition coefficient (Wildman–Crippen LogP) is 1.14. The van der Waals surface area contributed by atoms with E-state index in [0.29, 0.717) is 18.7 Å². The summed E-state index contributed by atoms with van der Waals surface area (Å²) in [6, 6.07) is 7.04. The van der Waals surface area contributed by atoms with Gasteiger partial charge in [-0.1, -0.05) is 17.7 Å². The number of rotatable bonds is 7. The number of carbonyl (C=O) groups is 3. The molecule has 1 aromatic rings. The van der Waals surface area contributed by atoms with Crippen LogP contribution in [0.25, 0.3) is 0 Å². The minimum atomic E-state index is -0.637. The SMILES string of the molecule is CCN(CC)C(=O)COC(=O)CNC(=O)c1cccc(C)c1. The van der Waals surface area contributed by atoms with Crippen molar-refractivity contribution in [1.29, 1.82) is 0 Å². The molecule has 1 rings (SSSR count). The lowest BCUT2D eigenvalue weighted by molar-refractivity contribution is -0.151. The Morgan fingerprint density at radius 1 is 1.18 bits per heavy atom. The first-order chi connectivity index (χ1) is 10.5. The van der Waals surface area contributed by atoms with Crippen LogP contribution in [0.4, 0.5) is 0 Å². The van der Waals surface area contributed by atoms with Crippen molar-refractivity contribution in [1.82, 2.24) is 10.2 Å². The first-order valence-electron chi connectivity index (χ1n) is 7.26. The van der Waals surface area contributed by atoms with E-state index in [1.807, 2.05) is 26.8 Å². The molecule has 6 heteroatoms. The smallest absolute Gasteiger partial charge is 0.325 e. The van der Waals surface area contributed by atoms with Gasteiger partial charge in [0.15, 0.2) is 6.61 Å².